The molecule has 4 rings (SSSR count). The molecule has 114 valence electrons. The van der Waals surface area contributed by atoms with Crippen molar-refractivity contribution >= 4 is 21.8 Å². The average Bonchev–Trinajstić information content (AvgIpc) is 2.88. The van der Waals surface area contributed by atoms with E-state index in [0.29, 0.717) is 0 Å². The summed E-state index contributed by atoms with van der Waals surface area (Å²) in [5.41, 5.74) is 7.78. The Kier molecular flexibility index (Phi) is 3.23. The molecule has 1 nitrogen and oxygen atoms in total. The molecule has 0 atom stereocenters. The lowest BCUT2D eigenvalue weighted by Crippen LogP contribution is -1.93. The van der Waals surface area contributed by atoms with Gasteiger partial charge in [-0.25, -0.2) is 0 Å². The van der Waals surface area contributed by atoms with Crippen molar-refractivity contribution in [3.8, 4) is 5.69 Å². The molecule has 0 aliphatic carbocycles. The summed E-state index contributed by atoms with van der Waals surface area (Å²) in [6, 6.07) is 22.4. The first kappa shape index (κ1) is 14.1. The summed E-state index contributed by atoms with van der Waals surface area (Å²) in [4.78, 5) is 0. The maximum atomic E-state index is 2.38. The quantitative estimate of drug-likeness (QED) is 0.430. The molecule has 1 heterocycles. The molecule has 0 spiro atoms. The maximum Gasteiger partial charge on any atom is 0.0541 e. The summed E-state index contributed by atoms with van der Waals surface area (Å²) < 4.78 is 2.38. The number of benzene rings is 3. The van der Waals surface area contributed by atoms with Crippen molar-refractivity contribution in [3.05, 3.63) is 77.4 Å². The fraction of sp³-hybridized carbons (Fsp3) is 0.182. The molecule has 0 radical (unpaired) electrons. The van der Waals surface area contributed by atoms with Gasteiger partial charge in [-0.15, -0.1) is 0 Å². The highest BCUT2D eigenvalue weighted by Crippen LogP contribution is 2.33. The number of aromatic nitrogens is 1. The van der Waals surface area contributed by atoms with Gasteiger partial charge < -0.3 is 4.57 Å². The summed E-state index contributed by atoms with van der Waals surface area (Å²) in [6.07, 6.45) is 1.07. The minimum atomic E-state index is 1.07. The Balaban J connectivity index is 2.14. The van der Waals surface area contributed by atoms with Crippen molar-refractivity contribution in [2.45, 2.75) is 27.2 Å². The van der Waals surface area contributed by atoms with E-state index in [1.165, 1.54) is 44.2 Å². The second-order valence-electron chi connectivity index (χ2n) is 6.40. The first-order valence-corrected chi connectivity index (χ1v) is 8.28. The molecule has 0 bridgehead atoms. The van der Waals surface area contributed by atoms with Crippen molar-refractivity contribution in [2.75, 3.05) is 0 Å². The lowest BCUT2D eigenvalue weighted by molar-refractivity contribution is 1.14. The topological polar surface area (TPSA) is 4.93 Å². The smallest absolute Gasteiger partial charge is 0.0541 e. The van der Waals surface area contributed by atoms with Crippen LogP contribution in [-0.4, -0.2) is 4.57 Å². The predicted octanol–water partition coefficient (Wildman–Crippen LogP) is 5.96. The van der Waals surface area contributed by atoms with E-state index in [4.69, 9.17) is 0 Å². The molecular formula is C22H21N. The summed E-state index contributed by atoms with van der Waals surface area (Å²) in [7, 11) is 0. The number of rotatable bonds is 2. The van der Waals surface area contributed by atoms with Crippen LogP contribution in [0.5, 0.6) is 0 Å². The van der Waals surface area contributed by atoms with Crippen molar-refractivity contribution < 1.29 is 0 Å². The van der Waals surface area contributed by atoms with E-state index < -0.39 is 0 Å². The summed E-state index contributed by atoms with van der Waals surface area (Å²) in [5, 5.41) is 2.69. The normalized spacial score (nSPS) is 11.4. The highest BCUT2D eigenvalue weighted by molar-refractivity contribution is 6.09. The van der Waals surface area contributed by atoms with Gasteiger partial charge >= 0.3 is 0 Å². The molecule has 23 heavy (non-hydrogen) atoms. The van der Waals surface area contributed by atoms with Gasteiger partial charge in [-0.3, -0.25) is 0 Å². The van der Waals surface area contributed by atoms with Gasteiger partial charge in [0.05, 0.1) is 11.0 Å². The summed E-state index contributed by atoms with van der Waals surface area (Å²) in [6.45, 7) is 6.51. The average molecular weight is 299 g/mol. The second kappa shape index (κ2) is 5.27. The number of aryl methyl sites for hydroxylation is 3. The molecule has 0 aliphatic rings. The fourth-order valence-electron chi connectivity index (χ4n) is 3.38. The first-order chi connectivity index (χ1) is 11.2. The number of hydrogen-bond donors (Lipinski definition) is 0. The minimum Gasteiger partial charge on any atom is -0.309 e. The highest BCUT2D eigenvalue weighted by Gasteiger charge is 2.12. The molecule has 1 heteroatoms. The van der Waals surface area contributed by atoms with E-state index in [2.05, 4.69) is 86.0 Å². The zero-order valence-corrected chi connectivity index (χ0v) is 13.9. The Labute approximate surface area is 137 Å². The number of fused-ring (bicyclic) bond motifs is 3. The van der Waals surface area contributed by atoms with Crippen molar-refractivity contribution in [2.24, 2.45) is 0 Å². The molecule has 0 N–H and O–H groups in total. The van der Waals surface area contributed by atoms with Gasteiger partial charge in [0.25, 0.3) is 0 Å². The van der Waals surface area contributed by atoms with Gasteiger partial charge in [-0.05, 0) is 62.2 Å². The Hall–Kier alpha value is -2.54. The zero-order valence-electron chi connectivity index (χ0n) is 13.9. The van der Waals surface area contributed by atoms with E-state index in [1.54, 1.807) is 0 Å². The summed E-state index contributed by atoms with van der Waals surface area (Å²) >= 11 is 0. The van der Waals surface area contributed by atoms with Gasteiger partial charge in [0.1, 0.15) is 0 Å². The van der Waals surface area contributed by atoms with E-state index in [1.807, 2.05) is 0 Å². The minimum absolute atomic E-state index is 1.07. The third-order valence-electron chi connectivity index (χ3n) is 4.69. The fourth-order valence-corrected chi connectivity index (χ4v) is 3.38. The molecular weight excluding hydrogens is 278 g/mol. The van der Waals surface area contributed by atoms with Crippen LogP contribution in [0.25, 0.3) is 27.5 Å². The Morgan fingerprint density at radius 2 is 1.30 bits per heavy atom. The summed E-state index contributed by atoms with van der Waals surface area (Å²) in [5.74, 6) is 0. The van der Waals surface area contributed by atoms with E-state index in [0.717, 1.165) is 6.42 Å². The van der Waals surface area contributed by atoms with Gasteiger partial charge in [0.2, 0.25) is 0 Å². The molecule has 0 fully saturated rings. The number of hydrogen-bond acceptors (Lipinski definition) is 0. The lowest BCUT2D eigenvalue weighted by Gasteiger charge is -2.08. The maximum absolute atomic E-state index is 2.38. The van der Waals surface area contributed by atoms with E-state index >= 15 is 0 Å². The molecule has 0 unspecified atom stereocenters. The molecule has 4 aromatic rings. The van der Waals surface area contributed by atoms with Gasteiger partial charge in [0.15, 0.2) is 0 Å². The van der Waals surface area contributed by atoms with Gasteiger partial charge in [-0.1, -0.05) is 42.3 Å². The molecule has 1 aromatic heterocycles. The van der Waals surface area contributed by atoms with Crippen LogP contribution in [0.4, 0.5) is 0 Å². The van der Waals surface area contributed by atoms with Crippen LogP contribution in [0.15, 0.2) is 60.7 Å². The van der Waals surface area contributed by atoms with Gasteiger partial charge in [-0.2, -0.15) is 0 Å². The van der Waals surface area contributed by atoms with Crippen molar-refractivity contribution in [1.82, 2.24) is 4.57 Å². The third kappa shape index (κ3) is 2.24. The Morgan fingerprint density at radius 1 is 0.696 bits per heavy atom. The predicted molar refractivity (Wildman–Crippen MR) is 99.6 cm³/mol. The molecule has 0 amide bonds. The molecule has 0 saturated carbocycles. The monoisotopic (exact) mass is 299 g/mol. The van der Waals surface area contributed by atoms with Crippen molar-refractivity contribution in [3.63, 3.8) is 0 Å². The van der Waals surface area contributed by atoms with Crippen LogP contribution in [0, 0.1) is 13.8 Å². The van der Waals surface area contributed by atoms with Gasteiger partial charge in [0, 0.05) is 16.5 Å². The lowest BCUT2D eigenvalue weighted by atomic mass is 10.1. The first-order valence-electron chi connectivity index (χ1n) is 8.28. The van der Waals surface area contributed by atoms with Crippen LogP contribution in [0.2, 0.25) is 0 Å². The SMILES string of the molecule is CCc1ccc2c(c1)c1cc(C)ccc1n2-c1ccc(C)cc1. The number of nitrogens with zero attached hydrogens (tertiary/aromatic N) is 1. The van der Waals surface area contributed by atoms with Crippen molar-refractivity contribution in [1.29, 1.82) is 0 Å². The standard InChI is InChI=1S/C22H21N/c1-4-17-8-12-22-20(14-17)19-13-16(3)7-11-21(19)23(22)18-9-5-15(2)6-10-18/h5-14H,4H2,1-3H3. The van der Waals surface area contributed by atoms with Crippen LogP contribution in [0.1, 0.15) is 23.6 Å². The van der Waals surface area contributed by atoms with Crippen LogP contribution in [-0.2, 0) is 6.42 Å². The Bertz CT molecular complexity index is 1000. The zero-order chi connectivity index (χ0) is 16.0. The largest absolute Gasteiger partial charge is 0.309 e. The third-order valence-corrected chi connectivity index (χ3v) is 4.69. The second-order valence-corrected chi connectivity index (χ2v) is 6.40. The Morgan fingerprint density at radius 3 is 2.00 bits per heavy atom. The van der Waals surface area contributed by atoms with Crippen LogP contribution in [0.3, 0.4) is 0 Å². The van der Waals surface area contributed by atoms with Crippen LogP contribution < -0.4 is 0 Å². The van der Waals surface area contributed by atoms with E-state index in [-0.39, 0.29) is 0 Å². The van der Waals surface area contributed by atoms with E-state index in [9.17, 15) is 0 Å². The molecule has 0 aliphatic heterocycles. The highest BCUT2D eigenvalue weighted by atomic mass is 15.0. The molecule has 0 saturated heterocycles. The molecule has 3 aromatic carbocycles. The van der Waals surface area contributed by atoms with Crippen LogP contribution >= 0.6 is 0 Å².